The fraction of sp³-hybridized carbons (Fsp3) is 0.474. The number of likely N-dealkylation sites (N-methyl/N-ethyl adjacent to an activating group) is 1. The number of aromatic nitrogens is 2. The monoisotopic (exact) mass is 313 g/mol. The molecular formula is C19H27N3O. The number of hydrogen-bond acceptors (Lipinski definition) is 2. The largest absolute Gasteiger partial charge is 0.312 e. The molecule has 1 atom stereocenters. The Morgan fingerprint density at radius 3 is 2.39 bits per heavy atom. The SMILES string of the molecule is CCN(C(=O)C(C)c1c(C)nn(C)c1C)c1ccc(C)cc1C. The van der Waals surface area contributed by atoms with Crippen molar-refractivity contribution in [3.63, 3.8) is 0 Å². The first-order chi connectivity index (χ1) is 10.8. The Labute approximate surface area is 139 Å². The van der Waals surface area contributed by atoms with E-state index < -0.39 is 0 Å². The predicted molar refractivity (Wildman–Crippen MR) is 95.0 cm³/mol. The van der Waals surface area contributed by atoms with E-state index in [1.807, 2.05) is 50.4 Å². The first kappa shape index (κ1) is 17.3. The van der Waals surface area contributed by atoms with Gasteiger partial charge in [0, 0.05) is 30.5 Å². The lowest BCUT2D eigenvalue weighted by Gasteiger charge is -2.26. The van der Waals surface area contributed by atoms with Crippen molar-refractivity contribution in [1.29, 1.82) is 0 Å². The summed E-state index contributed by atoms with van der Waals surface area (Å²) in [6.07, 6.45) is 0. The zero-order chi connectivity index (χ0) is 17.3. The Kier molecular flexibility index (Phi) is 4.93. The van der Waals surface area contributed by atoms with Gasteiger partial charge in [-0.15, -0.1) is 0 Å². The Balaban J connectivity index is 2.39. The average molecular weight is 313 g/mol. The molecule has 4 heteroatoms. The van der Waals surface area contributed by atoms with E-state index >= 15 is 0 Å². The number of rotatable bonds is 4. The van der Waals surface area contributed by atoms with Gasteiger partial charge in [-0.3, -0.25) is 9.48 Å². The van der Waals surface area contributed by atoms with E-state index in [0.29, 0.717) is 6.54 Å². The third kappa shape index (κ3) is 3.16. The van der Waals surface area contributed by atoms with Gasteiger partial charge in [-0.25, -0.2) is 0 Å². The van der Waals surface area contributed by atoms with Crippen molar-refractivity contribution in [1.82, 2.24) is 9.78 Å². The van der Waals surface area contributed by atoms with Crippen LogP contribution in [0.4, 0.5) is 5.69 Å². The molecule has 2 rings (SSSR count). The fourth-order valence-corrected chi connectivity index (χ4v) is 3.33. The van der Waals surface area contributed by atoms with Crippen molar-refractivity contribution in [2.24, 2.45) is 7.05 Å². The molecule has 0 fully saturated rings. The van der Waals surface area contributed by atoms with Crippen LogP contribution in [0.5, 0.6) is 0 Å². The topological polar surface area (TPSA) is 38.1 Å². The second-order valence-electron chi connectivity index (χ2n) is 6.30. The molecule has 1 heterocycles. The van der Waals surface area contributed by atoms with Gasteiger partial charge >= 0.3 is 0 Å². The van der Waals surface area contributed by atoms with Gasteiger partial charge in [0.1, 0.15) is 0 Å². The van der Waals surface area contributed by atoms with Gasteiger partial charge in [0.05, 0.1) is 11.6 Å². The van der Waals surface area contributed by atoms with E-state index in [-0.39, 0.29) is 11.8 Å². The van der Waals surface area contributed by atoms with Gasteiger partial charge in [-0.05, 0) is 53.2 Å². The van der Waals surface area contributed by atoms with Gasteiger partial charge in [0.2, 0.25) is 5.91 Å². The first-order valence-corrected chi connectivity index (χ1v) is 8.16. The van der Waals surface area contributed by atoms with Crippen LogP contribution in [0, 0.1) is 27.7 Å². The maximum atomic E-state index is 13.1. The molecule has 0 aliphatic carbocycles. The normalized spacial score (nSPS) is 12.3. The molecule has 0 N–H and O–H groups in total. The fourth-order valence-electron chi connectivity index (χ4n) is 3.33. The van der Waals surface area contributed by atoms with E-state index in [1.54, 1.807) is 0 Å². The van der Waals surface area contributed by atoms with Gasteiger partial charge in [-0.1, -0.05) is 17.7 Å². The van der Waals surface area contributed by atoms with Crippen LogP contribution in [-0.4, -0.2) is 22.2 Å². The lowest BCUT2D eigenvalue weighted by molar-refractivity contribution is -0.119. The van der Waals surface area contributed by atoms with Crippen molar-refractivity contribution in [2.75, 3.05) is 11.4 Å². The van der Waals surface area contributed by atoms with Crippen molar-refractivity contribution in [3.8, 4) is 0 Å². The summed E-state index contributed by atoms with van der Waals surface area (Å²) in [5.74, 6) is -0.0805. The highest BCUT2D eigenvalue weighted by Gasteiger charge is 2.27. The lowest BCUT2D eigenvalue weighted by Crippen LogP contribution is -2.35. The summed E-state index contributed by atoms with van der Waals surface area (Å²) in [5, 5.41) is 4.45. The number of aryl methyl sites for hydroxylation is 4. The number of carbonyl (C=O) groups excluding carboxylic acids is 1. The highest BCUT2D eigenvalue weighted by molar-refractivity contribution is 5.98. The molecule has 1 amide bonds. The quantitative estimate of drug-likeness (QED) is 0.861. The summed E-state index contributed by atoms with van der Waals surface area (Å²) in [4.78, 5) is 15.0. The first-order valence-electron chi connectivity index (χ1n) is 8.16. The number of nitrogens with zero attached hydrogens (tertiary/aromatic N) is 3. The minimum atomic E-state index is -0.204. The minimum absolute atomic E-state index is 0.124. The maximum absolute atomic E-state index is 13.1. The molecule has 0 aliphatic heterocycles. The van der Waals surface area contributed by atoms with Crippen molar-refractivity contribution in [3.05, 3.63) is 46.3 Å². The van der Waals surface area contributed by atoms with E-state index in [0.717, 1.165) is 28.2 Å². The maximum Gasteiger partial charge on any atom is 0.234 e. The molecule has 0 radical (unpaired) electrons. The van der Waals surface area contributed by atoms with Crippen LogP contribution in [0.1, 0.15) is 47.8 Å². The second kappa shape index (κ2) is 6.57. The van der Waals surface area contributed by atoms with E-state index in [1.165, 1.54) is 5.56 Å². The average Bonchev–Trinajstić information content (AvgIpc) is 2.74. The Morgan fingerprint density at radius 2 is 1.91 bits per heavy atom. The van der Waals surface area contributed by atoms with Gasteiger partial charge in [0.15, 0.2) is 0 Å². The summed E-state index contributed by atoms with van der Waals surface area (Å²) >= 11 is 0. The molecule has 0 saturated heterocycles. The summed E-state index contributed by atoms with van der Waals surface area (Å²) in [6, 6.07) is 6.22. The van der Waals surface area contributed by atoms with Crippen LogP contribution in [0.2, 0.25) is 0 Å². The molecule has 0 saturated carbocycles. The number of carbonyl (C=O) groups is 1. The van der Waals surface area contributed by atoms with Crippen LogP contribution in [0.15, 0.2) is 18.2 Å². The summed E-state index contributed by atoms with van der Waals surface area (Å²) in [5.41, 5.74) is 6.37. The minimum Gasteiger partial charge on any atom is -0.312 e. The summed E-state index contributed by atoms with van der Waals surface area (Å²) in [7, 11) is 1.92. The second-order valence-corrected chi connectivity index (χ2v) is 6.30. The molecule has 124 valence electrons. The molecule has 1 unspecified atom stereocenters. The molecule has 1 aromatic heterocycles. The summed E-state index contributed by atoms with van der Waals surface area (Å²) in [6.45, 7) is 12.8. The Hall–Kier alpha value is -2.10. The molecule has 1 aromatic carbocycles. The third-order valence-corrected chi connectivity index (χ3v) is 4.59. The van der Waals surface area contributed by atoms with Crippen LogP contribution in [0.25, 0.3) is 0 Å². The van der Waals surface area contributed by atoms with Gasteiger partial charge < -0.3 is 4.90 Å². The molecule has 0 aliphatic rings. The molecule has 4 nitrogen and oxygen atoms in total. The molecule has 0 spiro atoms. The van der Waals surface area contributed by atoms with Crippen molar-refractivity contribution < 1.29 is 4.79 Å². The molecule has 0 bridgehead atoms. The number of hydrogen-bond donors (Lipinski definition) is 0. The van der Waals surface area contributed by atoms with Crippen LogP contribution in [-0.2, 0) is 11.8 Å². The third-order valence-electron chi connectivity index (χ3n) is 4.59. The standard InChI is InChI=1S/C19H27N3O/c1-8-22(17-10-9-12(2)11-13(17)3)19(23)14(4)18-15(5)20-21(7)16(18)6/h9-11,14H,8H2,1-7H3. The van der Waals surface area contributed by atoms with Crippen molar-refractivity contribution >= 4 is 11.6 Å². The Morgan fingerprint density at radius 1 is 1.26 bits per heavy atom. The molecule has 2 aromatic rings. The highest BCUT2D eigenvalue weighted by atomic mass is 16.2. The van der Waals surface area contributed by atoms with E-state index in [4.69, 9.17) is 0 Å². The summed E-state index contributed by atoms with van der Waals surface area (Å²) < 4.78 is 1.85. The number of amides is 1. The number of anilines is 1. The zero-order valence-corrected chi connectivity index (χ0v) is 15.3. The van der Waals surface area contributed by atoms with Gasteiger partial charge in [-0.2, -0.15) is 5.10 Å². The molecule has 23 heavy (non-hydrogen) atoms. The van der Waals surface area contributed by atoms with E-state index in [2.05, 4.69) is 31.1 Å². The van der Waals surface area contributed by atoms with Crippen LogP contribution >= 0.6 is 0 Å². The highest BCUT2D eigenvalue weighted by Crippen LogP contribution is 2.28. The van der Waals surface area contributed by atoms with E-state index in [9.17, 15) is 4.79 Å². The predicted octanol–water partition coefficient (Wildman–Crippen LogP) is 3.81. The zero-order valence-electron chi connectivity index (χ0n) is 15.3. The van der Waals surface area contributed by atoms with Crippen LogP contribution in [0.3, 0.4) is 0 Å². The molecular weight excluding hydrogens is 286 g/mol. The number of benzene rings is 1. The van der Waals surface area contributed by atoms with Crippen LogP contribution < -0.4 is 4.90 Å². The smallest absolute Gasteiger partial charge is 0.234 e. The Bertz CT molecular complexity index is 730. The van der Waals surface area contributed by atoms with Crippen molar-refractivity contribution in [2.45, 2.75) is 47.5 Å². The lowest BCUT2D eigenvalue weighted by atomic mass is 9.97. The van der Waals surface area contributed by atoms with Gasteiger partial charge in [0.25, 0.3) is 0 Å².